The van der Waals surface area contributed by atoms with E-state index in [9.17, 15) is 9.59 Å². The monoisotopic (exact) mass is 323 g/mol. The van der Waals surface area contributed by atoms with Gasteiger partial charge in [0.25, 0.3) is 0 Å². The van der Waals surface area contributed by atoms with Crippen molar-refractivity contribution in [3.05, 3.63) is 35.9 Å². The van der Waals surface area contributed by atoms with E-state index < -0.39 is 17.7 Å². The molecule has 1 atom stereocenters. The lowest BCUT2D eigenvalue weighted by Gasteiger charge is -2.25. The molecule has 0 aliphatic carbocycles. The Balaban J connectivity index is 1.89. The molecule has 1 amide bonds. The lowest BCUT2D eigenvalue weighted by molar-refractivity contribution is -0.138. The van der Waals surface area contributed by atoms with Crippen LogP contribution in [-0.4, -0.2) is 41.1 Å². The van der Waals surface area contributed by atoms with E-state index in [1.807, 2.05) is 30.3 Å². The van der Waals surface area contributed by atoms with Crippen LogP contribution in [0.4, 0.5) is 4.79 Å². The summed E-state index contributed by atoms with van der Waals surface area (Å²) in [5.41, 5.74) is 0.590. The largest absolute Gasteiger partial charge is 0.444 e. The quantitative estimate of drug-likeness (QED) is 0.797. The molecule has 1 fully saturated rings. The second kappa shape index (κ2) is 7.05. The van der Waals surface area contributed by atoms with Gasteiger partial charge in [-0.05, 0) is 26.3 Å². The number of ether oxygens (including phenoxy) is 2. The van der Waals surface area contributed by atoms with Crippen molar-refractivity contribution < 1.29 is 19.1 Å². The third-order valence-electron chi connectivity index (χ3n) is 3.01. The molecule has 1 heterocycles. The average Bonchev–Trinajstić information content (AvgIpc) is 2.80. The molecule has 22 heavy (non-hydrogen) atoms. The van der Waals surface area contributed by atoms with Crippen LogP contribution in [0, 0.1) is 0 Å². The summed E-state index contributed by atoms with van der Waals surface area (Å²) in [5, 5.41) is 0. The molecule has 1 saturated heterocycles. The summed E-state index contributed by atoms with van der Waals surface area (Å²) >= 11 is 1.60. The number of rotatable bonds is 4. The lowest BCUT2D eigenvalue weighted by atomic mass is 10.2. The van der Waals surface area contributed by atoms with Crippen molar-refractivity contribution in [3.63, 3.8) is 0 Å². The van der Waals surface area contributed by atoms with E-state index >= 15 is 0 Å². The first-order chi connectivity index (χ1) is 10.4. The highest BCUT2D eigenvalue weighted by Crippen LogP contribution is 2.22. The average molecular weight is 323 g/mol. The van der Waals surface area contributed by atoms with Crippen molar-refractivity contribution in [2.75, 3.05) is 12.5 Å². The molecule has 6 heteroatoms. The van der Waals surface area contributed by atoms with E-state index in [0.29, 0.717) is 5.75 Å². The Morgan fingerprint density at radius 2 is 2.05 bits per heavy atom. The van der Waals surface area contributed by atoms with Crippen molar-refractivity contribution in [2.24, 2.45) is 0 Å². The van der Waals surface area contributed by atoms with Crippen LogP contribution in [0.5, 0.6) is 0 Å². The fourth-order valence-electron chi connectivity index (χ4n) is 1.97. The van der Waals surface area contributed by atoms with E-state index in [0.717, 1.165) is 5.75 Å². The molecule has 0 N–H and O–H groups in total. The first-order valence-corrected chi connectivity index (χ1v) is 8.30. The standard InChI is InChI=1S/C16H21NO4S/c1-16(2,3)21-15(19)17-11-20-14(18)13(17)10-22-9-12-7-5-4-6-8-12/h4-8,13H,9-11H2,1-3H3. The molecule has 1 aromatic carbocycles. The highest BCUT2D eigenvalue weighted by atomic mass is 32.2. The van der Waals surface area contributed by atoms with Crippen LogP contribution in [-0.2, 0) is 20.0 Å². The molecule has 120 valence electrons. The van der Waals surface area contributed by atoms with Gasteiger partial charge in [-0.25, -0.2) is 9.59 Å². The Labute approximate surface area is 135 Å². The van der Waals surface area contributed by atoms with Crippen molar-refractivity contribution in [2.45, 2.75) is 38.2 Å². The zero-order chi connectivity index (χ0) is 16.2. The number of hydrogen-bond donors (Lipinski definition) is 0. The highest BCUT2D eigenvalue weighted by molar-refractivity contribution is 7.98. The van der Waals surface area contributed by atoms with Gasteiger partial charge in [0.1, 0.15) is 11.6 Å². The number of carbonyl (C=O) groups is 2. The van der Waals surface area contributed by atoms with Crippen molar-refractivity contribution >= 4 is 23.8 Å². The molecular formula is C16H21NO4S. The van der Waals surface area contributed by atoms with Crippen LogP contribution in [0.3, 0.4) is 0 Å². The van der Waals surface area contributed by atoms with Crippen LogP contribution in [0.1, 0.15) is 26.3 Å². The minimum atomic E-state index is -0.593. The van der Waals surface area contributed by atoms with Gasteiger partial charge in [0, 0.05) is 11.5 Å². The molecule has 0 spiro atoms. The van der Waals surface area contributed by atoms with Gasteiger partial charge >= 0.3 is 12.1 Å². The van der Waals surface area contributed by atoms with Crippen LogP contribution >= 0.6 is 11.8 Å². The zero-order valence-electron chi connectivity index (χ0n) is 13.1. The second-order valence-corrected chi connectivity index (χ2v) is 7.09. The Morgan fingerprint density at radius 3 is 2.68 bits per heavy atom. The smallest absolute Gasteiger partial charge is 0.413 e. The van der Waals surface area contributed by atoms with Gasteiger partial charge < -0.3 is 9.47 Å². The summed E-state index contributed by atoms with van der Waals surface area (Å²) < 4.78 is 10.3. The Hall–Kier alpha value is -1.69. The molecule has 1 aromatic rings. The van der Waals surface area contributed by atoms with Crippen molar-refractivity contribution in [3.8, 4) is 0 Å². The number of hydrogen-bond acceptors (Lipinski definition) is 5. The highest BCUT2D eigenvalue weighted by Gasteiger charge is 2.39. The number of amides is 1. The SMILES string of the molecule is CC(C)(C)OC(=O)N1COC(=O)C1CSCc1ccccc1. The first kappa shape index (κ1) is 16.7. The van der Waals surface area contributed by atoms with Crippen LogP contribution in [0.25, 0.3) is 0 Å². The molecule has 1 aliphatic heterocycles. The molecule has 5 nitrogen and oxygen atoms in total. The van der Waals surface area contributed by atoms with Gasteiger partial charge in [0.05, 0.1) is 0 Å². The minimum absolute atomic E-state index is 0.0374. The lowest BCUT2D eigenvalue weighted by Crippen LogP contribution is -2.42. The Kier molecular flexibility index (Phi) is 5.34. The van der Waals surface area contributed by atoms with E-state index in [1.54, 1.807) is 32.5 Å². The van der Waals surface area contributed by atoms with Crippen LogP contribution in [0.2, 0.25) is 0 Å². The number of benzene rings is 1. The summed E-state index contributed by atoms with van der Waals surface area (Å²) in [6.45, 7) is 5.35. The maximum atomic E-state index is 12.1. The number of cyclic esters (lactones) is 1. The van der Waals surface area contributed by atoms with E-state index in [2.05, 4.69) is 0 Å². The maximum Gasteiger partial charge on any atom is 0.413 e. The zero-order valence-corrected chi connectivity index (χ0v) is 13.9. The maximum absolute atomic E-state index is 12.1. The van der Waals surface area contributed by atoms with Gasteiger partial charge in [-0.1, -0.05) is 30.3 Å². The van der Waals surface area contributed by atoms with E-state index in [1.165, 1.54) is 10.5 Å². The van der Waals surface area contributed by atoms with Gasteiger partial charge in [-0.2, -0.15) is 11.8 Å². The third kappa shape index (κ3) is 4.66. The fraction of sp³-hybridized carbons (Fsp3) is 0.500. The second-order valence-electron chi connectivity index (χ2n) is 6.06. The predicted octanol–water partition coefficient (Wildman–Crippen LogP) is 3.04. The Bertz CT molecular complexity index is 527. The normalized spacial score (nSPS) is 18.2. The van der Waals surface area contributed by atoms with E-state index in [-0.39, 0.29) is 12.7 Å². The molecule has 1 aliphatic rings. The number of esters is 1. The molecule has 2 rings (SSSR count). The minimum Gasteiger partial charge on any atom is -0.444 e. The van der Waals surface area contributed by atoms with Crippen LogP contribution < -0.4 is 0 Å². The van der Waals surface area contributed by atoms with Gasteiger partial charge in [-0.3, -0.25) is 4.90 Å². The molecule has 0 saturated carbocycles. The molecule has 0 radical (unpaired) electrons. The molecular weight excluding hydrogens is 302 g/mol. The third-order valence-corrected chi connectivity index (χ3v) is 4.10. The summed E-state index contributed by atoms with van der Waals surface area (Å²) in [7, 11) is 0. The van der Waals surface area contributed by atoms with Gasteiger partial charge in [0.15, 0.2) is 6.73 Å². The van der Waals surface area contributed by atoms with Gasteiger partial charge in [-0.15, -0.1) is 0 Å². The first-order valence-electron chi connectivity index (χ1n) is 7.15. The molecule has 1 unspecified atom stereocenters. The van der Waals surface area contributed by atoms with Crippen molar-refractivity contribution in [1.82, 2.24) is 4.90 Å². The number of nitrogens with zero attached hydrogens (tertiary/aromatic N) is 1. The summed E-state index contributed by atoms with van der Waals surface area (Å²) in [6.07, 6.45) is -0.510. The number of carbonyl (C=O) groups excluding carboxylic acids is 2. The van der Waals surface area contributed by atoms with Gasteiger partial charge in [0.2, 0.25) is 0 Å². The summed E-state index contributed by atoms with van der Waals surface area (Å²) in [4.78, 5) is 25.3. The fourth-order valence-corrected chi connectivity index (χ4v) is 3.05. The Morgan fingerprint density at radius 1 is 1.36 bits per heavy atom. The summed E-state index contributed by atoms with van der Waals surface area (Å²) in [6, 6.07) is 9.41. The summed E-state index contributed by atoms with van der Waals surface area (Å²) in [5.74, 6) is 0.908. The molecule has 0 bridgehead atoms. The van der Waals surface area contributed by atoms with Crippen LogP contribution in [0.15, 0.2) is 30.3 Å². The topological polar surface area (TPSA) is 55.8 Å². The van der Waals surface area contributed by atoms with Crippen molar-refractivity contribution in [1.29, 1.82) is 0 Å². The molecule has 0 aromatic heterocycles. The number of thioether (sulfide) groups is 1. The predicted molar refractivity (Wildman–Crippen MR) is 85.4 cm³/mol. The van der Waals surface area contributed by atoms with E-state index in [4.69, 9.17) is 9.47 Å².